The lowest BCUT2D eigenvalue weighted by molar-refractivity contribution is 0.371. The number of nitrogens with zero attached hydrogens (tertiary/aromatic N) is 2. The highest BCUT2D eigenvalue weighted by Gasteiger charge is 2.20. The normalized spacial score (nSPS) is 14.5. The summed E-state index contributed by atoms with van der Waals surface area (Å²) in [5, 5.41) is 3.61. The van der Waals surface area contributed by atoms with E-state index in [0.29, 0.717) is 12.0 Å². The van der Waals surface area contributed by atoms with Crippen LogP contribution < -0.4 is 5.32 Å². The first-order valence-corrected chi connectivity index (χ1v) is 7.21. The van der Waals surface area contributed by atoms with Gasteiger partial charge in [-0.1, -0.05) is 39.3 Å². The summed E-state index contributed by atoms with van der Waals surface area (Å²) in [4.78, 5) is 8.92. The molecule has 0 aliphatic rings. The smallest absolute Gasteiger partial charge is 0.0934 e. The van der Waals surface area contributed by atoms with Crippen LogP contribution in [0.2, 0.25) is 0 Å². The highest BCUT2D eigenvalue weighted by Crippen LogP contribution is 2.29. The maximum atomic E-state index is 4.52. The molecule has 0 saturated heterocycles. The van der Waals surface area contributed by atoms with Gasteiger partial charge >= 0.3 is 0 Å². The van der Waals surface area contributed by atoms with E-state index >= 15 is 0 Å². The first kappa shape index (κ1) is 13.9. The van der Waals surface area contributed by atoms with E-state index in [1.54, 1.807) is 12.4 Å². The lowest BCUT2D eigenvalue weighted by atomic mass is 9.90. The van der Waals surface area contributed by atoms with E-state index in [1.165, 1.54) is 18.4 Å². The molecule has 3 nitrogen and oxygen atoms in total. The molecule has 2 aromatic rings. The number of fused-ring (bicyclic) bond motifs is 1. The molecule has 1 N–H and O–H groups in total. The van der Waals surface area contributed by atoms with Crippen molar-refractivity contribution in [1.29, 1.82) is 0 Å². The summed E-state index contributed by atoms with van der Waals surface area (Å²) in [6.07, 6.45) is 5.96. The first-order chi connectivity index (χ1) is 9.27. The quantitative estimate of drug-likeness (QED) is 0.857. The van der Waals surface area contributed by atoms with Crippen LogP contribution in [0.1, 0.15) is 45.2 Å². The van der Waals surface area contributed by atoms with Gasteiger partial charge in [-0.3, -0.25) is 9.97 Å². The van der Waals surface area contributed by atoms with Crippen molar-refractivity contribution in [1.82, 2.24) is 15.3 Å². The minimum absolute atomic E-state index is 0.352. The molecule has 2 atom stereocenters. The van der Waals surface area contributed by atoms with Gasteiger partial charge in [-0.2, -0.15) is 0 Å². The fourth-order valence-corrected chi connectivity index (χ4v) is 2.73. The molecule has 0 aliphatic heterocycles. The average Bonchev–Trinajstić information content (AvgIpc) is 2.44. The standard InChI is InChI=1S/C16H23N3/c1-4-7-12(3)15(17-5-2)13-8-6-9-14-16(13)19-11-10-18-14/h6,8-12,15,17H,4-5,7H2,1-3H3. The minimum Gasteiger partial charge on any atom is -0.310 e. The fraction of sp³-hybridized carbons (Fsp3) is 0.500. The summed E-state index contributed by atoms with van der Waals surface area (Å²) in [7, 11) is 0. The van der Waals surface area contributed by atoms with Crippen LogP contribution in [0, 0.1) is 5.92 Å². The highest BCUT2D eigenvalue weighted by atomic mass is 14.9. The summed E-state index contributed by atoms with van der Waals surface area (Å²) in [5.74, 6) is 0.595. The molecule has 0 bridgehead atoms. The van der Waals surface area contributed by atoms with E-state index in [0.717, 1.165) is 17.6 Å². The van der Waals surface area contributed by atoms with Crippen LogP contribution >= 0.6 is 0 Å². The van der Waals surface area contributed by atoms with Crippen molar-refractivity contribution in [3.63, 3.8) is 0 Å². The Labute approximate surface area is 115 Å². The van der Waals surface area contributed by atoms with Gasteiger partial charge in [-0.25, -0.2) is 0 Å². The van der Waals surface area contributed by atoms with Crippen molar-refractivity contribution >= 4 is 11.0 Å². The largest absolute Gasteiger partial charge is 0.310 e. The fourth-order valence-electron chi connectivity index (χ4n) is 2.73. The van der Waals surface area contributed by atoms with Gasteiger partial charge in [-0.05, 0) is 30.5 Å². The Bertz CT molecular complexity index is 519. The Kier molecular flexibility index (Phi) is 4.86. The molecular formula is C16H23N3. The molecule has 2 rings (SSSR count). The van der Waals surface area contributed by atoms with Crippen molar-refractivity contribution < 1.29 is 0 Å². The number of hydrogen-bond acceptors (Lipinski definition) is 3. The van der Waals surface area contributed by atoms with Gasteiger partial charge in [0, 0.05) is 18.4 Å². The van der Waals surface area contributed by atoms with Crippen LogP contribution in [-0.4, -0.2) is 16.5 Å². The minimum atomic E-state index is 0.352. The van der Waals surface area contributed by atoms with Crippen LogP contribution in [0.5, 0.6) is 0 Å². The molecule has 0 spiro atoms. The summed E-state index contributed by atoms with van der Waals surface area (Å²) >= 11 is 0. The molecule has 0 fully saturated rings. The molecule has 1 aromatic carbocycles. The van der Waals surface area contributed by atoms with Crippen LogP contribution in [-0.2, 0) is 0 Å². The lowest BCUT2D eigenvalue weighted by Crippen LogP contribution is -2.27. The third-order valence-electron chi connectivity index (χ3n) is 3.60. The highest BCUT2D eigenvalue weighted by molar-refractivity contribution is 5.78. The molecule has 2 unspecified atom stereocenters. The van der Waals surface area contributed by atoms with Gasteiger partial charge < -0.3 is 5.32 Å². The molecule has 3 heteroatoms. The first-order valence-electron chi connectivity index (χ1n) is 7.21. The predicted molar refractivity (Wildman–Crippen MR) is 80.0 cm³/mol. The third-order valence-corrected chi connectivity index (χ3v) is 3.60. The summed E-state index contributed by atoms with van der Waals surface area (Å²) in [6.45, 7) is 7.67. The second kappa shape index (κ2) is 6.62. The number of rotatable bonds is 6. The van der Waals surface area contributed by atoms with Gasteiger partial charge in [0.15, 0.2) is 0 Å². The van der Waals surface area contributed by atoms with Gasteiger partial charge in [0.2, 0.25) is 0 Å². The van der Waals surface area contributed by atoms with Gasteiger partial charge in [0.1, 0.15) is 0 Å². The average molecular weight is 257 g/mol. The number of hydrogen-bond donors (Lipinski definition) is 1. The number of nitrogens with one attached hydrogen (secondary N) is 1. The lowest BCUT2D eigenvalue weighted by Gasteiger charge is -2.25. The maximum absolute atomic E-state index is 4.52. The SMILES string of the molecule is CCCC(C)C(NCC)c1cccc2nccnc12. The molecule has 0 radical (unpaired) electrons. The van der Waals surface area contributed by atoms with Crippen molar-refractivity contribution in [2.24, 2.45) is 5.92 Å². The number of aromatic nitrogens is 2. The Morgan fingerprint density at radius 2 is 1.95 bits per heavy atom. The number of para-hydroxylation sites is 1. The molecule has 19 heavy (non-hydrogen) atoms. The van der Waals surface area contributed by atoms with E-state index in [2.05, 4.69) is 48.2 Å². The molecule has 0 amide bonds. The Balaban J connectivity index is 2.43. The van der Waals surface area contributed by atoms with Crippen molar-refractivity contribution in [3.8, 4) is 0 Å². The Morgan fingerprint density at radius 3 is 2.68 bits per heavy atom. The molecule has 0 saturated carbocycles. The molecular weight excluding hydrogens is 234 g/mol. The van der Waals surface area contributed by atoms with E-state index < -0.39 is 0 Å². The Hall–Kier alpha value is -1.48. The summed E-state index contributed by atoms with van der Waals surface area (Å²) in [6, 6.07) is 6.64. The summed E-state index contributed by atoms with van der Waals surface area (Å²) in [5.41, 5.74) is 3.28. The van der Waals surface area contributed by atoms with Crippen molar-refractivity contribution in [3.05, 3.63) is 36.2 Å². The summed E-state index contributed by atoms with van der Waals surface area (Å²) < 4.78 is 0. The molecule has 102 valence electrons. The van der Waals surface area contributed by atoms with Crippen LogP contribution in [0.15, 0.2) is 30.6 Å². The van der Waals surface area contributed by atoms with Crippen LogP contribution in [0.4, 0.5) is 0 Å². The molecule has 1 aromatic heterocycles. The van der Waals surface area contributed by atoms with Gasteiger partial charge in [-0.15, -0.1) is 0 Å². The molecule has 0 aliphatic carbocycles. The Morgan fingerprint density at radius 1 is 1.16 bits per heavy atom. The monoisotopic (exact) mass is 257 g/mol. The van der Waals surface area contributed by atoms with Crippen LogP contribution in [0.3, 0.4) is 0 Å². The zero-order valence-corrected chi connectivity index (χ0v) is 12.1. The van der Waals surface area contributed by atoms with Crippen molar-refractivity contribution in [2.75, 3.05) is 6.54 Å². The zero-order valence-electron chi connectivity index (χ0n) is 12.1. The second-order valence-corrected chi connectivity index (χ2v) is 5.07. The molecule has 1 heterocycles. The maximum Gasteiger partial charge on any atom is 0.0934 e. The topological polar surface area (TPSA) is 37.8 Å². The van der Waals surface area contributed by atoms with E-state index in [-0.39, 0.29) is 0 Å². The van der Waals surface area contributed by atoms with E-state index in [9.17, 15) is 0 Å². The van der Waals surface area contributed by atoms with E-state index in [1.807, 2.05) is 6.07 Å². The second-order valence-electron chi connectivity index (χ2n) is 5.07. The number of benzene rings is 1. The van der Waals surface area contributed by atoms with E-state index in [4.69, 9.17) is 0 Å². The van der Waals surface area contributed by atoms with Crippen LogP contribution in [0.25, 0.3) is 11.0 Å². The zero-order chi connectivity index (χ0) is 13.7. The van der Waals surface area contributed by atoms with Gasteiger partial charge in [0.25, 0.3) is 0 Å². The predicted octanol–water partition coefficient (Wildman–Crippen LogP) is 3.72. The third kappa shape index (κ3) is 3.10. The van der Waals surface area contributed by atoms with Crippen molar-refractivity contribution in [2.45, 2.75) is 39.7 Å². The van der Waals surface area contributed by atoms with Gasteiger partial charge in [0.05, 0.1) is 11.0 Å².